The third kappa shape index (κ3) is 1.64. The van der Waals surface area contributed by atoms with E-state index >= 15 is 0 Å². The third-order valence-corrected chi connectivity index (χ3v) is 3.83. The number of quaternary nitrogens is 1. The Morgan fingerprint density at radius 1 is 0.833 bits per heavy atom. The molecule has 0 aromatic rings. The van der Waals surface area contributed by atoms with Crippen LogP contribution in [0.5, 0.6) is 0 Å². The zero-order valence-electron chi connectivity index (χ0n) is 8.02. The molecule has 0 unspecified atom stereocenters. The summed E-state index contributed by atoms with van der Waals surface area (Å²) in [5, 5.41) is 2.24. The van der Waals surface area contributed by atoms with Crippen LogP contribution in [-0.2, 0) is 0 Å². The molecule has 0 aromatic heterocycles. The predicted molar refractivity (Wildman–Crippen MR) is 49.2 cm³/mol. The Morgan fingerprint density at radius 2 is 1.42 bits per heavy atom. The van der Waals surface area contributed by atoms with Crippen molar-refractivity contribution in [1.29, 1.82) is 0 Å². The molecule has 0 amide bonds. The first kappa shape index (κ1) is 8.52. The summed E-state index contributed by atoms with van der Waals surface area (Å²) in [6, 6.07) is 0. The van der Waals surface area contributed by atoms with Crippen molar-refractivity contribution in [2.24, 2.45) is 5.41 Å². The minimum atomic E-state index is 0.756. The largest absolute Gasteiger partial charge is 0.278 e. The zero-order chi connectivity index (χ0) is 8.44. The molecular formula is C10H21N2+. The molecule has 0 bridgehead atoms. The molecule has 12 heavy (non-hydrogen) atoms. The lowest BCUT2D eigenvalue weighted by molar-refractivity contribution is -0.579. The highest BCUT2D eigenvalue weighted by Gasteiger charge is 2.35. The first-order valence-electron chi connectivity index (χ1n) is 5.36. The van der Waals surface area contributed by atoms with Gasteiger partial charge in [0, 0.05) is 13.1 Å². The summed E-state index contributed by atoms with van der Waals surface area (Å²) in [7, 11) is 0. The van der Waals surface area contributed by atoms with E-state index in [4.69, 9.17) is 0 Å². The molecule has 1 saturated heterocycles. The highest BCUT2D eigenvalue weighted by molar-refractivity contribution is 4.86. The fourth-order valence-corrected chi connectivity index (χ4v) is 2.83. The molecule has 1 spiro atoms. The second-order valence-electron chi connectivity index (χ2n) is 4.68. The predicted octanol–water partition coefficient (Wildman–Crippen LogP) is 1.19. The van der Waals surface area contributed by atoms with Gasteiger partial charge in [-0.25, -0.2) is 0 Å². The van der Waals surface area contributed by atoms with Crippen LogP contribution >= 0.6 is 0 Å². The first-order valence-corrected chi connectivity index (χ1v) is 5.36. The second kappa shape index (κ2) is 3.35. The van der Waals surface area contributed by atoms with E-state index in [1.165, 1.54) is 58.0 Å². The van der Waals surface area contributed by atoms with Gasteiger partial charge >= 0.3 is 0 Å². The molecular weight excluding hydrogens is 148 g/mol. The Morgan fingerprint density at radius 3 is 2.00 bits per heavy atom. The van der Waals surface area contributed by atoms with E-state index in [1.807, 2.05) is 0 Å². The summed E-state index contributed by atoms with van der Waals surface area (Å²) in [5.74, 6) is 4.01. The molecule has 2 rings (SSSR count). The van der Waals surface area contributed by atoms with Gasteiger partial charge in [0.1, 0.15) is 0 Å². The number of rotatable bonds is 0. The lowest BCUT2D eigenvalue weighted by Crippen LogP contribution is -2.70. The second-order valence-corrected chi connectivity index (χ2v) is 4.68. The maximum atomic E-state index is 4.01. The maximum Gasteiger partial charge on any atom is 0.0478 e. The van der Waals surface area contributed by atoms with Gasteiger partial charge in [-0.15, -0.1) is 0 Å². The minimum Gasteiger partial charge on any atom is -0.278 e. The summed E-state index contributed by atoms with van der Waals surface area (Å²) in [6.45, 7) is 2.47. The van der Waals surface area contributed by atoms with Crippen molar-refractivity contribution in [3.63, 3.8) is 0 Å². The third-order valence-electron chi connectivity index (χ3n) is 3.83. The van der Waals surface area contributed by atoms with Crippen LogP contribution in [0.4, 0.5) is 0 Å². The summed E-state index contributed by atoms with van der Waals surface area (Å²) >= 11 is 0. The Kier molecular flexibility index (Phi) is 2.37. The van der Waals surface area contributed by atoms with Crippen molar-refractivity contribution in [2.45, 2.75) is 44.9 Å². The van der Waals surface area contributed by atoms with Crippen LogP contribution in [0.15, 0.2) is 0 Å². The first-order chi connectivity index (χ1) is 5.81. The van der Waals surface area contributed by atoms with E-state index in [1.54, 1.807) is 0 Å². The lowest BCUT2D eigenvalue weighted by atomic mass is 9.68. The van der Waals surface area contributed by atoms with E-state index in [0.717, 1.165) is 5.41 Å². The monoisotopic (exact) mass is 169 g/mol. The average Bonchev–Trinajstić information content (AvgIpc) is 2.13. The number of nitrogens with zero attached hydrogens (tertiary/aromatic N) is 1. The fraction of sp³-hybridized carbons (Fsp3) is 1.00. The van der Waals surface area contributed by atoms with Gasteiger partial charge in [0.05, 0.1) is 0 Å². The topological polar surface area (TPSA) is 30.9 Å². The van der Waals surface area contributed by atoms with Crippen LogP contribution in [0.3, 0.4) is 0 Å². The molecule has 1 aliphatic carbocycles. The van der Waals surface area contributed by atoms with Crippen molar-refractivity contribution in [2.75, 3.05) is 13.1 Å². The maximum absolute atomic E-state index is 4.01. The van der Waals surface area contributed by atoms with Gasteiger partial charge < -0.3 is 0 Å². The van der Waals surface area contributed by atoms with E-state index in [2.05, 4.69) is 10.9 Å². The molecule has 0 radical (unpaired) electrons. The van der Waals surface area contributed by atoms with Crippen LogP contribution in [-0.4, -0.2) is 18.1 Å². The Balaban J connectivity index is 1.92. The quantitative estimate of drug-likeness (QED) is 0.580. The van der Waals surface area contributed by atoms with Crippen LogP contribution in [0, 0.1) is 5.41 Å². The fourth-order valence-electron chi connectivity index (χ4n) is 2.83. The van der Waals surface area contributed by atoms with E-state index < -0.39 is 0 Å². The van der Waals surface area contributed by atoms with Crippen LogP contribution in [0.2, 0.25) is 0 Å². The van der Waals surface area contributed by atoms with Crippen LogP contribution < -0.4 is 5.84 Å². The molecule has 1 heterocycles. The van der Waals surface area contributed by atoms with Gasteiger partial charge in [0.15, 0.2) is 0 Å². The van der Waals surface area contributed by atoms with Gasteiger partial charge in [-0.1, -0.05) is 19.3 Å². The van der Waals surface area contributed by atoms with Crippen molar-refractivity contribution >= 4 is 0 Å². The van der Waals surface area contributed by atoms with E-state index in [9.17, 15) is 0 Å². The molecule has 3 N–H and O–H groups in total. The standard InChI is InChI=1S/C10H20N2/c11-12-8-6-10(7-9-12)4-2-1-3-5-10/h1-9,11H2/p+1. The van der Waals surface area contributed by atoms with E-state index in [-0.39, 0.29) is 0 Å². The Bertz CT molecular complexity index is 140. The zero-order valence-corrected chi connectivity index (χ0v) is 8.02. The van der Waals surface area contributed by atoms with Gasteiger partial charge in [-0.3, -0.25) is 5.84 Å². The highest BCUT2D eigenvalue weighted by atomic mass is 15.4. The van der Waals surface area contributed by atoms with Gasteiger partial charge in [-0.05, 0) is 31.1 Å². The van der Waals surface area contributed by atoms with Crippen LogP contribution in [0.25, 0.3) is 0 Å². The normalized spacial score (nSPS) is 30.8. The summed E-state index contributed by atoms with van der Waals surface area (Å²) in [4.78, 5) is 0. The van der Waals surface area contributed by atoms with Crippen molar-refractivity contribution in [3.8, 4) is 0 Å². The molecule has 0 atom stereocenters. The van der Waals surface area contributed by atoms with Gasteiger partial charge in [0.25, 0.3) is 0 Å². The van der Waals surface area contributed by atoms with Crippen molar-refractivity contribution in [1.82, 2.24) is 5.01 Å². The molecule has 70 valence electrons. The highest BCUT2D eigenvalue weighted by Crippen LogP contribution is 2.43. The number of piperidine rings is 1. The van der Waals surface area contributed by atoms with E-state index in [0.29, 0.717) is 0 Å². The van der Waals surface area contributed by atoms with Crippen molar-refractivity contribution < 1.29 is 5.84 Å². The van der Waals surface area contributed by atoms with Crippen molar-refractivity contribution in [3.05, 3.63) is 0 Å². The summed E-state index contributed by atoms with van der Waals surface area (Å²) < 4.78 is 0. The molecule has 1 aliphatic heterocycles. The molecule has 0 aromatic carbocycles. The van der Waals surface area contributed by atoms with Gasteiger partial charge in [-0.2, -0.15) is 5.01 Å². The van der Waals surface area contributed by atoms with Gasteiger partial charge in [0.2, 0.25) is 0 Å². The number of hydrogen-bond acceptors (Lipinski definition) is 1. The summed E-state index contributed by atoms with van der Waals surface area (Å²) in [5.41, 5.74) is 0.756. The lowest BCUT2D eigenvalue weighted by Gasteiger charge is -2.41. The molecule has 2 heteroatoms. The minimum absolute atomic E-state index is 0.756. The molecule has 2 fully saturated rings. The average molecular weight is 169 g/mol. The SMILES string of the molecule is [NH3+]N1CCC2(CCCCC2)CC1. The molecule has 2 aliphatic rings. The number of hydrogen-bond donors (Lipinski definition) is 1. The summed E-state index contributed by atoms with van der Waals surface area (Å²) in [6.07, 6.45) is 10.3. The Labute approximate surface area is 75.1 Å². The van der Waals surface area contributed by atoms with Crippen LogP contribution in [0.1, 0.15) is 44.9 Å². The smallest absolute Gasteiger partial charge is 0.0478 e. The Hall–Kier alpha value is -0.0800. The molecule has 2 nitrogen and oxygen atoms in total. The molecule has 1 saturated carbocycles.